The van der Waals surface area contributed by atoms with Crippen LogP contribution in [-0.2, 0) is 19.1 Å². The zero-order valence-electron chi connectivity index (χ0n) is 15.7. The van der Waals surface area contributed by atoms with Gasteiger partial charge in [0.05, 0.1) is 6.61 Å². The average Bonchev–Trinajstić information content (AvgIpc) is 2.60. The van der Waals surface area contributed by atoms with Crippen LogP contribution in [0.2, 0.25) is 0 Å². The Bertz CT molecular complexity index is 393. The number of Topliss-reactive ketones (excluding diaryl/α,β-unsaturated/α-hetero) is 1. The molecule has 0 saturated heterocycles. The number of ketones is 1. The monoisotopic (exact) mass is 358 g/mol. The molecule has 0 aliphatic carbocycles. The topological polar surface area (TPSA) is 101 Å². The van der Waals surface area contributed by atoms with E-state index in [0.29, 0.717) is 19.3 Å². The third-order valence-corrected chi connectivity index (χ3v) is 4.19. The van der Waals surface area contributed by atoms with Crippen molar-refractivity contribution in [1.82, 2.24) is 0 Å². The number of hydrogen-bond donors (Lipinski definition) is 2. The second-order valence-electron chi connectivity index (χ2n) is 6.47. The largest absolute Gasteiger partial charge is 0.393 e. The number of rotatable bonds is 15. The van der Waals surface area contributed by atoms with Crippen molar-refractivity contribution >= 4 is 17.7 Å². The van der Waals surface area contributed by atoms with Gasteiger partial charge in [0.1, 0.15) is 11.7 Å². The molecular weight excluding hydrogens is 324 g/mol. The highest BCUT2D eigenvalue weighted by atomic mass is 16.6. The van der Waals surface area contributed by atoms with Gasteiger partial charge >= 0.3 is 11.9 Å². The maximum atomic E-state index is 12.4. The van der Waals surface area contributed by atoms with Gasteiger partial charge in [0.25, 0.3) is 0 Å². The van der Waals surface area contributed by atoms with Crippen molar-refractivity contribution in [2.45, 2.75) is 90.6 Å². The first kappa shape index (κ1) is 23.7. The average molecular weight is 358 g/mol. The number of hydrogen-bond acceptors (Lipinski definition) is 6. The SMILES string of the molecule is CCCCCCCC(=O)C(CCCCCC)C(=O)OC(=O)C(O)CO. The molecule has 146 valence electrons. The minimum Gasteiger partial charge on any atom is -0.393 e. The summed E-state index contributed by atoms with van der Waals surface area (Å²) in [5.41, 5.74) is 0. The number of aliphatic hydroxyl groups excluding tert-OH is 2. The van der Waals surface area contributed by atoms with Gasteiger partial charge in [-0.2, -0.15) is 0 Å². The van der Waals surface area contributed by atoms with Crippen molar-refractivity contribution in [2.75, 3.05) is 6.61 Å². The van der Waals surface area contributed by atoms with Gasteiger partial charge in [-0.1, -0.05) is 65.2 Å². The lowest BCUT2D eigenvalue weighted by atomic mass is 9.93. The zero-order chi connectivity index (χ0) is 19.1. The first-order valence-electron chi connectivity index (χ1n) is 9.55. The molecule has 0 fully saturated rings. The first-order valence-corrected chi connectivity index (χ1v) is 9.55. The smallest absolute Gasteiger partial charge is 0.345 e. The number of carbonyl (C=O) groups is 3. The highest BCUT2D eigenvalue weighted by Crippen LogP contribution is 2.18. The molecule has 0 bridgehead atoms. The van der Waals surface area contributed by atoms with Crippen LogP contribution in [0.3, 0.4) is 0 Å². The number of unbranched alkanes of at least 4 members (excludes halogenated alkanes) is 7. The van der Waals surface area contributed by atoms with Gasteiger partial charge < -0.3 is 14.9 Å². The fraction of sp³-hybridized carbons (Fsp3) is 0.842. The normalized spacial score (nSPS) is 13.3. The van der Waals surface area contributed by atoms with E-state index < -0.39 is 30.6 Å². The number of aliphatic hydroxyl groups is 2. The standard InChI is InChI=1S/C19H34O6/c1-3-5-7-9-11-13-16(21)15(12-10-8-6-4-2)18(23)25-19(24)17(22)14-20/h15,17,20,22H,3-14H2,1-2H3. The van der Waals surface area contributed by atoms with Crippen LogP contribution in [0.15, 0.2) is 0 Å². The molecule has 0 radical (unpaired) electrons. The molecule has 0 aromatic heterocycles. The van der Waals surface area contributed by atoms with Crippen molar-refractivity contribution in [3.8, 4) is 0 Å². The van der Waals surface area contributed by atoms with E-state index in [4.69, 9.17) is 5.11 Å². The Morgan fingerprint density at radius 2 is 1.40 bits per heavy atom. The summed E-state index contributed by atoms with van der Waals surface area (Å²) in [4.78, 5) is 36.0. The predicted octanol–water partition coefficient (Wildman–Crippen LogP) is 2.93. The molecule has 0 aromatic rings. The van der Waals surface area contributed by atoms with Gasteiger partial charge in [0.15, 0.2) is 6.10 Å². The van der Waals surface area contributed by atoms with Gasteiger partial charge in [-0.05, 0) is 12.8 Å². The van der Waals surface area contributed by atoms with Crippen LogP contribution < -0.4 is 0 Å². The van der Waals surface area contributed by atoms with Crippen LogP contribution in [0.5, 0.6) is 0 Å². The molecule has 2 unspecified atom stereocenters. The molecule has 6 heteroatoms. The summed E-state index contributed by atoms with van der Waals surface area (Å²) in [5.74, 6) is -3.28. The Morgan fingerprint density at radius 1 is 0.840 bits per heavy atom. The summed E-state index contributed by atoms with van der Waals surface area (Å²) in [7, 11) is 0. The lowest BCUT2D eigenvalue weighted by Crippen LogP contribution is -2.34. The molecular formula is C19H34O6. The summed E-state index contributed by atoms with van der Waals surface area (Å²) in [6.45, 7) is 3.37. The summed E-state index contributed by atoms with van der Waals surface area (Å²) < 4.78 is 4.58. The Morgan fingerprint density at radius 3 is 1.96 bits per heavy atom. The maximum Gasteiger partial charge on any atom is 0.345 e. The molecule has 0 aliphatic rings. The minimum absolute atomic E-state index is 0.204. The van der Waals surface area contributed by atoms with Crippen LogP contribution in [0.1, 0.15) is 84.5 Å². The van der Waals surface area contributed by atoms with Crippen LogP contribution in [0, 0.1) is 5.92 Å². The van der Waals surface area contributed by atoms with E-state index in [0.717, 1.165) is 51.4 Å². The van der Waals surface area contributed by atoms with Crippen LogP contribution >= 0.6 is 0 Å². The van der Waals surface area contributed by atoms with E-state index in [2.05, 4.69) is 18.6 Å². The van der Waals surface area contributed by atoms with Crippen LogP contribution in [0.25, 0.3) is 0 Å². The first-order chi connectivity index (χ1) is 12.0. The van der Waals surface area contributed by atoms with Crippen molar-refractivity contribution in [1.29, 1.82) is 0 Å². The predicted molar refractivity (Wildman–Crippen MR) is 94.8 cm³/mol. The van der Waals surface area contributed by atoms with E-state index in [1.54, 1.807) is 0 Å². The molecule has 0 rings (SSSR count). The maximum absolute atomic E-state index is 12.4. The van der Waals surface area contributed by atoms with Gasteiger partial charge in [0.2, 0.25) is 0 Å². The lowest BCUT2D eigenvalue weighted by Gasteiger charge is -2.15. The Labute approximate surface area is 150 Å². The van der Waals surface area contributed by atoms with Gasteiger partial charge in [0, 0.05) is 6.42 Å². The molecule has 25 heavy (non-hydrogen) atoms. The molecule has 0 heterocycles. The second-order valence-corrected chi connectivity index (χ2v) is 6.47. The summed E-state index contributed by atoms with van der Waals surface area (Å²) >= 11 is 0. The minimum atomic E-state index is -1.76. The van der Waals surface area contributed by atoms with Gasteiger partial charge in [-0.15, -0.1) is 0 Å². The van der Waals surface area contributed by atoms with E-state index in [-0.39, 0.29) is 5.78 Å². The van der Waals surface area contributed by atoms with E-state index in [1.807, 2.05) is 0 Å². The quantitative estimate of drug-likeness (QED) is 0.265. The van der Waals surface area contributed by atoms with Crippen molar-refractivity contribution in [2.24, 2.45) is 5.92 Å². The molecule has 2 N–H and O–H groups in total. The fourth-order valence-corrected chi connectivity index (χ4v) is 2.58. The van der Waals surface area contributed by atoms with Gasteiger partial charge in [-0.3, -0.25) is 9.59 Å². The molecule has 0 amide bonds. The van der Waals surface area contributed by atoms with Crippen LogP contribution in [-0.4, -0.2) is 40.6 Å². The molecule has 2 atom stereocenters. The van der Waals surface area contributed by atoms with E-state index in [1.165, 1.54) is 0 Å². The molecule has 6 nitrogen and oxygen atoms in total. The molecule has 0 aromatic carbocycles. The summed E-state index contributed by atoms with van der Waals surface area (Å²) in [6, 6.07) is 0. The fourth-order valence-electron chi connectivity index (χ4n) is 2.58. The number of carbonyl (C=O) groups excluding carboxylic acids is 3. The van der Waals surface area contributed by atoms with E-state index >= 15 is 0 Å². The number of esters is 2. The van der Waals surface area contributed by atoms with E-state index in [9.17, 15) is 19.5 Å². The molecule has 0 saturated carbocycles. The molecule has 0 spiro atoms. The zero-order valence-corrected chi connectivity index (χ0v) is 15.7. The highest BCUT2D eigenvalue weighted by Gasteiger charge is 2.30. The highest BCUT2D eigenvalue weighted by molar-refractivity contribution is 6.02. The lowest BCUT2D eigenvalue weighted by molar-refractivity contribution is -0.170. The van der Waals surface area contributed by atoms with Crippen LogP contribution in [0.4, 0.5) is 0 Å². The third kappa shape index (κ3) is 11.1. The Hall–Kier alpha value is -1.27. The third-order valence-electron chi connectivity index (χ3n) is 4.19. The summed E-state index contributed by atoms with van der Waals surface area (Å²) in [6.07, 6.45) is 7.58. The van der Waals surface area contributed by atoms with Crippen molar-refractivity contribution in [3.05, 3.63) is 0 Å². The Balaban J connectivity index is 4.58. The van der Waals surface area contributed by atoms with Crippen molar-refractivity contribution in [3.63, 3.8) is 0 Å². The second kappa shape index (κ2) is 15.0. The van der Waals surface area contributed by atoms with Gasteiger partial charge in [-0.25, -0.2) is 4.79 Å². The summed E-state index contributed by atoms with van der Waals surface area (Å²) in [5, 5.41) is 17.9. The van der Waals surface area contributed by atoms with Crippen molar-refractivity contribution < 1.29 is 29.3 Å². The molecule has 0 aliphatic heterocycles. The Kier molecular flexibility index (Phi) is 14.3. The number of ether oxygens (including phenoxy) is 1.